The predicted octanol–water partition coefficient (Wildman–Crippen LogP) is 3.21. The van der Waals surface area contributed by atoms with Crippen LogP contribution in [-0.2, 0) is 10.3 Å². The zero-order valence-corrected chi connectivity index (χ0v) is 14.4. The highest BCUT2D eigenvalue weighted by Crippen LogP contribution is 2.43. The molecule has 0 N–H and O–H groups in total. The van der Waals surface area contributed by atoms with Crippen LogP contribution in [0.2, 0.25) is 13.6 Å². The summed E-state index contributed by atoms with van der Waals surface area (Å²) in [6.07, 6.45) is 2.39. The second-order valence-electron chi connectivity index (χ2n) is 6.77. The van der Waals surface area contributed by atoms with E-state index in [1.54, 1.807) is 0 Å². The van der Waals surface area contributed by atoms with Gasteiger partial charge in [-0.1, -0.05) is 74.3 Å². The molecular weight excluding hydrogens is 280 g/mol. The largest absolute Gasteiger partial charge is 0.423 e. The lowest BCUT2D eigenvalue weighted by molar-refractivity contribution is 0.0456. The normalized spacial score (nSPS) is 19.0. The highest BCUT2D eigenvalue weighted by atomic mass is 16.5. The molecule has 0 unspecified atom stereocenters. The third kappa shape index (κ3) is 3.11. The first-order valence-electron chi connectivity index (χ1n) is 8.63. The van der Waals surface area contributed by atoms with Gasteiger partial charge < -0.3 is 9.47 Å². The summed E-state index contributed by atoms with van der Waals surface area (Å²) in [6, 6.07) is 21.8. The molecule has 0 bridgehead atoms. The summed E-state index contributed by atoms with van der Waals surface area (Å²) < 4.78 is 6.72. The van der Waals surface area contributed by atoms with Gasteiger partial charge in [0.15, 0.2) is 7.98 Å². The molecule has 0 spiro atoms. The van der Waals surface area contributed by atoms with Gasteiger partial charge in [0.25, 0.3) is 6.92 Å². The maximum Gasteiger partial charge on any atom is 0.288 e. The Hall–Kier alpha value is -1.51. The van der Waals surface area contributed by atoms with E-state index in [1.807, 2.05) is 0 Å². The van der Waals surface area contributed by atoms with Gasteiger partial charge in [0.2, 0.25) is 0 Å². The van der Waals surface area contributed by atoms with Crippen LogP contribution in [0.15, 0.2) is 60.7 Å². The fourth-order valence-electron chi connectivity index (χ4n) is 3.93. The van der Waals surface area contributed by atoms with Crippen molar-refractivity contribution in [3.8, 4) is 0 Å². The number of benzene rings is 2. The van der Waals surface area contributed by atoms with Crippen LogP contribution >= 0.6 is 0 Å². The minimum Gasteiger partial charge on any atom is -0.423 e. The molecule has 2 aromatic rings. The van der Waals surface area contributed by atoms with E-state index >= 15 is 0 Å². The van der Waals surface area contributed by atoms with Gasteiger partial charge in [-0.25, -0.2) is 0 Å². The molecule has 2 nitrogen and oxygen atoms in total. The standard InChI is InChI=1S/C19H25B2NO/c1-21(2)23-19(16-10-5-3-6-11-16,17-12-7-4-8-13-17)18-14-9-15-22(18)20/h3-8,10-13,18H,9,14-15,20H2,1-2H3/t18-/m0/s1. The topological polar surface area (TPSA) is 12.5 Å². The third-order valence-corrected chi connectivity index (χ3v) is 4.82. The molecule has 4 heteroatoms. The Balaban J connectivity index is 2.21. The lowest BCUT2D eigenvalue weighted by atomic mass is 9.69. The number of nitrogens with zero attached hydrogens (tertiary/aromatic N) is 1. The summed E-state index contributed by atoms with van der Waals surface area (Å²) in [5.74, 6) is 0. The Morgan fingerprint density at radius 3 is 1.91 bits per heavy atom. The predicted molar refractivity (Wildman–Crippen MR) is 101 cm³/mol. The molecule has 0 radical (unpaired) electrons. The summed E-state index contributed by atoms with van der Waals surface area (Å²) in [5, 5.41) is 0. The summed E-state index contributed by atoms with van der Waals surface area (Å²) >= 11 is 0. The summed E-state index contributed by atoms with van der Waals surface area (Å²) in [7, 11) is 2.22. The highest BCUT2D eigenvalue weighted by Gasteiger charge is 2.46. The molecule has 1 fully saturated rings. The van der Waals surface area contributed by atoms with E-state index in [0.717, 1.165) is 13.0 Å². The van der Waals surface area contributed by atoms with E-state index < -0.39 is 5.60 Å². The van der Waals surface area contributed by atoms with Crippen LogP contribution in [0.5, 0.6) is 0 Å². The molecule has 0 aromatic heterocycles. The van der Waals surface area contributed by atoms with Gasteiger partial charge in [0, 0.05) is 6.04 Å². The Bertz CT molecular complexity index is 578. The van der Waals surface area contributed by atoms with Gasteiger partial charge in [-0.2, -0.15) is 0 Å². The van der Waals surface area contributed by atoms with Crippen LogP contribution in [-0.4, -0.2) is 32.3 Å². The number of hydrogen-bond acceptors (Lipinski definition) is 2. The molecule has 0 amide bonds. The van der Waals surface area contributed by atoms with Crippen LogP contribution in [0.1, 0.15) is 24.0 Å². The molecule has 2 aromatic carbocycles. The lowest BCUT2D eigenvalue weighted by Gasteiger charge is -2.45. The van der Waals surface area contributed by atoms with Gasteiger partial charge in [-0.15, -0.1) is 0 Å². The monoisotopic (exact) mass is 305 g/mol. The van der Waals surface area contributed by atoms with Crippen molar-refractivity contribution in [1.82, 2.24) is 4.81 Å². The molecule has 1 aliphatic rings. The first-order chi connectivity index (χ1) is 11.1. The molecule has 1 saturated heterocycles. The average molecular weight is 305 g/mol. The second-order valence-corrected chi connectivity index (χ2v) is 6.77. The van der Waals surface area contributed by atoms with Gasteiger partial charge in [-0.3, -0.25) is 0 Å². The quantitative estimate of drug-likeness (QED) is 0.787. The Kier molecular flexibility index (Phi) is 4.93. The van der Waals surface area contributed by atoms with Crippen molar-refractivity contribution in [2.45, 2.75) is 38.1 Å². The van der Waals surface area contributed by atoms with Crippen LogP contribution in [0, 0.1) is 0 Å². The van der Waals surface area contributed by atoms with Gasteiger partial charge in [0.1, 0.15) is 5.60 Å². The van der Waals surface area contributed by atoms with Crippen LogP contribution in [0.3, 0.4) is 0 Å². The molecule has 1 aliphatic heterocycles. The molecule has 3 rings (SSSR count). The van der Waals surface area contributed by atoms with E-state index in [-0.39, 0.29) is 6.92 Å². The lowest BCUT2D eigenvalue weighted by Crippen LogP contribution is -2.51. The fourth-order valence-corrected chi connectivity index (χ4v) is 3.93. The zero-order valence-electron chi connectivity index (χ0n) is 14.4. The maximum atomic E-state index is 6.72. The molecule has 1 atom stereocenters. The van der Waals surface area contributed by atoms with Crippen molar-refractivity contribution in [1.29, 1.82) is 0 Å². The molecule has 1 heterocycles. The molecule has 23 heavy (non-hydrogen) atoms. The highest BCUT2D eigenvalue weighted by molar-refractivity contribution is 6.48. The van der Waals surface area contributed by atoms with Gasteiger partial charge in [-0.05, 0) is 30.5 Å². The average Bonchev–Trinajstić information content (AvgIpc) is 3.00. The molecule has 118 valence electrons. The molecule has 0 saturated carbocycles. The van der Waals surface area contributed by atoms with Gasteiger partial charge >= 0.3 is 0 Å². The Morgan fingerprint density at radius 1 is 1.00 bits per heavy atom. The van der Waals surface area contributed by atoms with E-state index in [4.69, 9.17) is 4.65 Å². The van der Waals surface area contributed by atoms with Crippen molar-refractivity contribution in [3.05, 3.63) is 71.8 Å². The molecule has 0 aliphatic carbocycles. The van der Waals surface area contributed by atoms with Crippen LogP contribution in [0.4, 0.5) is 0 Å². The van der Waals surface area contributed by atoms with E-state index in [2.05, 4.69) is 87.1 Å². The minimum atomic E-state index is -0.415. The van der Waals surface area contributed by atoms with Crippen LogP contribution in [0.25, 0.3) is 0 Å². The summed E-state index contributed by atoms with van der Waals surface area (Å²) in [4.78, 5) is 2.46. The number of rotatable bonds is 5. The maximum absolute atomic E-state index is 6.72. The van der Waals surface area contributed by atoms with Crippen molar-refractivity contribution >= 4 is 14.9 Å². The first-order valence-corrected chi connectivity index (χ1v) is 8.63. The minimum absolute atomic E-state index is 0.157. The fraction of sp³-hybridized carbons (Fsp3) is 0.368. The van der Waals surface area contributed by atoms with E-state index in [1.165, 1.54) is 17.5 Å². The Labute approximate surface area is 141 Å². The van der Waals surface area contributed by atoms with E-state index in [0.29, 0.717) is 6.04 Å². The van der Waals surface area contributed by atoms with Crippen molar-refractivity contribution < 1.29 is 4.65 Å². The van der Waals surface area contributed by atoms with Crippen molar-refractivity contribution in [2.24, 2.45) is 0 Å². The Morgan fingerprint density at radius 2 is 1.52 bits per heavy atom. The SMILES string of the molecule is BN1CCC[C@H]1C(OB(C)C)(c1ccccc1)c1ccccc1. The van der Waals surface area contributed by atoms with Crippen LogP contribution < -0.4 is 0 Å². The van der Waals surface area contributed by atoms with Crippen molar-refractivity contribution in [3.63, 3.8) is 0 Å². The first kappa shape index (κ1) is 16.4. The zero-order chi connectivity index (χ0) is 16.3. The van der Waals surface area contributed by atoms with E-state index in [9.17, 15) is 0 Å². The summed E-state index contributed by atoms with van der Waals surface area (Å²) in [6.45, 7) is 5.56. The van der Waals surface area contributed by atoms with Crippen molar-refractivity contribution in [2.75, 3.05) is 6.54 Å². The smallest absolute Gasteiger partial charge is 0.288 e. The third-order valence-electron chi connectivity index (χ3n) is 4.82. The number of hydrogen-bond donors (Lipinski definition) is 0. The van der Waals surface area contributed by atoms with Gasteiger partial charge in [0.05, 0.1) is 0 Å². The molecular formula is C19H25B2NO. The second kappa shape index (κ2) is 6.94. The summed E-state index contributed by atoms with van der Waals surface area (Å²) in [5.41, 5.74) is 2.08.